The van der Waals surface area contributed by atoms with Crippen LogP contribution in [0.4, 0.5) is 26.3 Å². The van der Waals surface area contributed by atoms with Crippen molar-refractivity contribution in [2.75, 3.05) is 0 Å². The molecule has 0 spiro atoms. The molecule has 10 heteroatoms. The monoisotopic (exact) mass is 334 g/mol. The largest absolute Gasteiger partial charge is 0.471 e. The van der Waals surface area contributed by atoms with Crippen molar-refractivity contribution in [3.8, 4) is 0 Å². The van der Waals surface area contributed by atoms with Crippen LogP contribution in [0.25, 0.3) is 0 Å². The second-order valence-corrected chi connectivity index (χ2v) is 5.67. The lowest BCUT2D eigenvalue weighted by atomic mass is 10.3. The van der Waals surface area contributed by atoms with E-state index in [9.17, 15) is 26.3 Å². The SMILES string of the molecule is FC(F)(F)c1cocc1SSc1cocc1C(F)(F)F. The quantitative estimate of drug-likeness (QED) is 0.530. The van der Waals surface area contributed by atoms with Gasteiger partial charge in [0.25, 0.3) is 0 Å². The second kappa shape index (κ2) is 5.32. The summed E-state index contributed by atoms with van der Waals surface area (Å²) in [6, 6.07) is 0. The Balaban J connectivity index is 2.15. The van der Waals surface area contributed by atoms with Gasteiger partial charge in [0, 0.05) is 0 Å². The van der Waals surface area contributed by atoms with Gasteiger partial charge in [0.2, 0.25) is 0 Å². The first-order valence-corrected chi connectivity index (χ1v) is 6.96. The predicted octanol–water partition coefficient (Wildman–Crippen LogP) is 5.71. The van der Waals surface area contributed by atoms with Crippen molar-refractivity contribution >= 4 is 21.6 Å². The van der Waals surface area contributed by atoms with Crippen molar-refractivity contribution < 1.29 is 35.2 Å². The molecule has 0 aromatic carbocycles. The Labute approximate surface area is 115 Å². The minimum atomic E-state index is -4.63. The highest BCUT2D eigenvalue weighted by Crippen LogP contribution is 2.47. The number of hydrogen-bond acceptors (Lipinski definition) is 4. The molecule has 110 valence electrons. The molecule has 0 atom stereocenters. The predicted molar refractivity (Wildman–Crippen MR) is 59.1 cm³/mol. The van der Waals surface area contributed by atoms with Crippen LogP contribution in [0.3, 0.4) is 0 Å². The lowest BCUT2D eigenvalue weighted by Crippen LogP contribution is -2.04. The van der Waals surface area contributed by atoms with Crippen molar-refractivity contribution in [2.45, 2.75) is 22.1 Å². The molecule has 0 saturated heterocycles. The smallest absolute Gasteiger partial charge is 0.420 e. The van der Waals surface area contributed by atoms with Gasteiger partial charge in [-0.05, 0) is 21.6 Å². The van der Waals surface area contributed by atoms with Crippen LogP contribution in [-0.2, 0) is 12.4 Å². The van der Waals surface area contributed by atoms with Gasteiger partial charge in [0.15, 0.2) is 0 Å². The summed E-state index contributed by atoms with van der Waals surface area (Å²) < 4.78 is 84.1. The van der Waals surface area contributed by atoms with E-state index in [2.05, 4.69) is 8.83 Å². The minimum Gasteiger partial charge on any atom is -0.471 e. The molecule has 2 heterocycles. The van der Waals surface area contributed by atoms with E-state index in [1.165, 1.54) is 0 Å². The molecule has 0 saturated carbocycles. The summed E-state index contributed by atoms with van der Waals surface area (Å²) in [5, 5.41) is 0. The van der Waals surface area contributed by atoms with Crippen LogP contribution >= 0.6 is 21.6 Å². The fourth-order valence-electron chi connectivity index (χ4n) is 1.20. The first kappa shape index (κ1) is 15.2. The van der Waals surface area contributed by atoms with E-state index in [4.69, 9.17) is 0 Å². The maximum absolute atomic E-state index is 12.5. The highest BCUT2D eigenvalue weighted by Gasteiger charge is 2.37. The summed E-state index contributed by atoms with van der Waals surface area (Å²) in [5.74, 6) is 0. The molecule has 2 aromatic heterocycles. The Morgan fingerprint density at radius 3 is 1.30 bits per heavy atom. The fraction of sp³-hybridized carbons (Fsp3) is 0.200. The van der Waals surface area contributed by atoms with Crippen LogP contribution < -0.4 is 0 Å². The molecule has 0 aliphatic carbocycles. The summed E-state index contributed by atoms with van der Waals surface area (Å²) in [6.07, 6.45) is -6.59. The number of halogens is 6. The second-order valence-electron chi connectivity index (χ2n) is 3.46. The summed E-state index contributed by atoms with van der Waals surface area (Å²) in [5.41, 5.74) is -2.07. The summed E-state index contributed by atoms with van der Waals surface area (Å²) in [4.78, 5) is -0.617. The molecular formula is C10H4F6O2S2. The number of rotatable bonds is 3. The van der Waals surface area contributed by atoms with Crippen molar-refractivity contribution in [1.82, 2.24) is 0 Å². The van der Waals surface area contributed by atoms with E-state index < -0.39 is 23.5 Å². The van der Waals surface area contributed by atoms with Crippen molar-refractivity contribution in [2.24, 2.45) is 0 Å². The number of furan rings is 2. The molecule has 2 rings (SSSR count). The molecule has 0 aliphatic heterocycles. The van der Waals surface area contributed by atoms with Gasteiger partial charge < -0.3 is 8.83 Å². The van der Waals surface area contributed by atoms with Crippen molar-refractivity contribution in [1.29, 1.82) is 0 Å². The first-order valence-electron chi connectivity index (χ1n) is 4.81. The highest BCUT2D eigenvalue weighted by atomic mass is 33.1. The van der Waals surface area contributed by atoms with Gasteiger partial charge in [-0.25, -0.2) is 0 Å². The van der Waals surface area contributed by atoms with E-state index in [0.717, 1.165) is 12.5 Å². The van der Waals surface area contributed by atoms with E-state index >= 15 is 0 Å². The zero-order chi connectivity index (χ0) is 15.0. The standard InChI is InChI=1S/C10H4F6O2S2/c11-9(12,13)5-1-17-3-7(5)19-20-8-4-18-2-6(8)10(14,15)16/h1-4H. The lowest BCUT2D eigenvalue weighted by Gasteiger charge is -2.07. The molecule has 0 N–H and O–H groups in total. The van der Waals surface area contributed by atoms with Crippen LogP contribution in [0.5, 0.6) is 0 Å². The molecule has 0 amide bonds. The summed E-state index contributed by atoms with van der Waals surface area (Å²) in [7, 11) is 1.02. The van der Waals surface area contributed by atoms with Gasteiger partial charge in [0.05, 0.1) is 9.79 Å². The maximum atomic E-state index is 12.5. The van der Waals surface area contributed by atoms with Crippen LogP contribution in [0.1, 0.15) is 11.1 Å². The van der Waals surface area contributed by atoms with Gasteiger partial charge in [-0.15, -0.1) is 0 Å². The Kier molecular flexibility index (Phi) is 4.05. The summed E-state index contributed by atoms with van der Waals surface area (Å²) in [6.45, 7) is 0. The Hall–Kier alpha value is -1.16. The molecule has 0 unspecified atom stereocenters. The Bertz CT molecular complexity index is 531. The molecular weight excluding hydrogens is 330 g/mol. The van der Waals surface area contributed by atoms with Crippen LogP contribution in [0.15, 0.2) is 43.7 Å². The number of hydrogen-bond donors (Lipinski definition) is 0. The first-order chi connectivity index (χ1) is 9.19. The van der Waals surface area contributed by atoms with E-state index in [1.54, 1.807) is 0 Å². The average molecular weight is 334 g/mol. The average Bonchev–Trinajstić information content (AvgIpc) is 2.93. The van der Waals surface area contributed by atoms with Crippen molar-refractivity contribution in [3.05, 3.63) is 36.2 Å². The minimum absolute atomic E-state index is 0.308. The fourth-order valence-corrected chi connectivity index (χ4v) is 3.39. The lowest BCUT2D eigenvalue weighted by molar-refractivity contribution is -0.140. The third-order valence-corrected chi connectivity index (χ3v) is 4.49. The molecule has 2 nitrogen and oxygen atoms in total. The zero-order valence-electron chi connectivity index (χ0n) is 9.21. The molecule has 0 radical (unpaired) electrons. The molecule has 0 fully saturated rings. The molecule has 20 heavy (non-hydrogen) atoms. The van der Waals surface area contributed by atoms with Crippen LogP contribution in [0.2, 0.25) is 0 Å². The van der Waals surface area contributed by atoms with Crippen LogP contribution in [-0.4, -0.2) is 0 Å². The van der Waals surface area contributed by atoms with Gasteiger partial charge >= 0.3 is 12.4 Å². The third kappa shape index (κ3) is 3.29. The topological polar surface area (TPSA) is 26.3 Å². The highest BCUT2D eigenvalue weighted by molar-refractivity contribution is 8.76. The van der Waals surface area contributed by atoms with E-state index in [1.807, 2.05) is 0 Å². The normalized spacial score (nSPS) is 12.9. The van der Waals surface area contributed by atoms with Gasteiger partial charge in [-0.2, -0.15) is 26.3 Å². The Morgan fingerprint density at radius 2 is 1.00 bits per heavy atom. The molecule has 0 bridgehead atoms. The van der Waals surface area contributed by atoms with Gasteiger partial charge in [0.1, 0.15) is 36.2 Å². The Morgan fingerprint density at radius 1 is 0.650 bits per heavy atom. The number of alkyl halides is 6. The molecule has 0 aliphatic rings. The van der Waals surface area contributed by atoms with E-state index in [0.29, 0.717) is 34.1 Å². The van der Waals surface area contributed by atoms with Crippen molar-refractivity contribution in [3.63, 3.8) is 0 Å². The molecule has 2 aromatic rings. The third-order valence-electron chi connectivity index (χ3n) is 2.08. The van der Waals surface area contributed by atoms with Gasteiger partial charge in [-0.1, -0.05) is 0 Å². The van der Waals surface area contributed by atoms with E-state index in [-0.39, 0.29) is 9.79 Å². The maximum Gasteiger partial charge on any atom is 0.420 e. The van der Waals surface area contributed by atoms with Crippen LogP contribution in [0, 0.1) is 0 Å². The zero-order valence-corrected chi connectivity index (χ0v) is 10.8. The summed E-state index contributed by atoms with van der Waals surface area (Å²) >= 11 is 0. The van der Waals surface area contributed by atoms with Gasteiger partial charge in [-0.3, -0.25) is 0 Å².